The lowest BCUT2D eigenvalue weighted by atomic mass is 10.1. The molecular formula is C21H25NO6S. The molecule has 0 aliphatic carbocycles. The Morgan fingerprint density at radius 2 is 1.66 bits per heavy atom. The fourth-order valence-electron chi connectivity index (χ4n) is 2.53. The number of carbonyl (C=O) groups excluding carboxylic acids is 2. The van der Waals surface area contributed by atoms with Crippen LogP contribution in [0, 0.1) is 0 Å². The van der Waals surface area contributed by atoms with Crippen LogP contribution in [-0.2, 0) is 9.53 Å². The standard InChI is InChI=1S/C21H25NO6S/c1-25-17-11-10-16(19(26-2)20(17)27-3)21(24)28-14-18(23)22-12-7-13-29-15-8-5-4-6-9-15/h4-6,8-11H,7,12-14H2,1-3H3,(H,22,23). The summed E-state index contributed by atoms with van der Waals surface area (Å²) in [5, 5.41) is 2.74. The lowest BCUT2D eigenvalue weighted by Crippen LogP contribution is -2.29. The van der Waals surface area contributed by atoms with Crippen LogP contribution in [0.5, 0.6) is 17.2 Å². The first kappa shape index (κ1) is 22.4. The molecule has 8 heteroatoms. The van der Waals surface area contributed by atoms with E-state index in [-0.39, 0.29) is 29.6 Å². The molecule has 1 amide bonds. The minimum Gasteiger partial charge on any atom is -0.493 e. The average Bonchev–Trinajstić information content (AvgIpc) is 2.76. The van der Waals surface area contributed by atoms with Crippen molar-refractivity contribution >= 4 is 23.6 Å². The van der Waals surface area contributed by atoms with E-state index in [2.05, 4.69) is 5.32 Å². The zero-order valence-electron chi connectivity index (χ0n) is 16.7. The lowest BCUT2D eigenvalue weighted by Gasteiger charge is -2.15. The molecule has 2 aromatic carbocycles. The van der Waals surface area contributed by atoms with Crippen molar-refractivity contribution < 1.29 is 28.5 Å². The van der Waals surface area contributed by atoms with Gasteiger partial charge in [0.1, 0.15) is 5.56 Å². The van der Waals surface area contributed by atoms with Gasteiger partial charge in [-0.1, -0.05) is 18.2 Å². The highest BCUT2D eigenvalue weighted by Crippen LogP contribution is 2.39. The highest BCUT2D eigenvalue weighted by molar-refractivity contribution is 7.99. The summed E-state index contributed by atoms with van der Waals surface area (Å²) in [5.41, 5.74) is 0.150. The molecule has 0 radical (unpaired) electrons. The summed E-state index contributed by atoms with van der Waals surface area (Å²) in [6.45, 7) is 0.137. The van der Waals surface area contributed by atoms with Gasteiger partial charge in [0, 0.05) is 11.4 Å². The maximum atomic E-state index is 12.3. The molecule has 0 aliphatic rings. The minimum atomic E-state index is -0.683. The summed E-state index contributed by atoms with van der Waals surface area (Å²) in [4.78, 5) is 25.5. The van der Waals surface area contributed by atoms with Crippen molar-refractivity contribution in [3.63, 3.8) is 0 Å². The molecular weight excluding hydrogens is 394 g/mol. The van der Waals surface area contributed by atoms with E-state index in [0.717, 1.165) is 12.2 Å². The number of rotatable bonds is 11. The van der Waals surface area contributed by atoms with Crippen molar-refractivity contribution in [1.82, 2.24) is 5.32 Å². The largest absolute Gasteiger partial charge is 0.493 e. The van der Waals surface area contributed by atoms with Crippen molar-refractivity contribution in [2.24, 2.45) is 0 Å². The Balaban J connectivity index is 1.77. The molecule has 0 unspecified atom stereocenters. The fraction of sp³-hybridized carbons (Fsp3) is 0.333. The molecule has 7 nitrogen and oxygen atoms in total. The number of hydrogen-bond acceptors (Lipinski definition) is 7. The van der Waals surface area contributed by atoms with Gasteiger partial charge in [0.05, 0.1) is 21.3 Å². The predicted molar refractivity (Wildman–Crippen MR) is 111 cm³/mol. The summed E-state index contributed by atoms with van der Waals surface area (Å²) in [5.74, 6) is 0.736. The quantitative estimate of drug-likeness (QED) is 0.340. The molecule has 0 aromatic heterocycles. The number of benzene rings is 2. The number of nitrogens with one attached hydrogen (secondary N) is 1. The van der Waals surface area contributed by atoms with Crippen LogP contribution in [0.2, 0.25) is 0 Å². The molecule has 0 fully saturated rings. The lowest BCUT2D eigenvalue weighted by molar-refractivity contribution is -0.124. The summed E-state index contributed by atoms with van der Waals surface area (Å²) in [7, 11) is 4.34. The van der Waals surface area contributed by atoms with Crippen LogP contribution in [0.15, 0.2) is 47.4 Å². The average molecular weight is 419 g/mol. The first-order valence-electron chi connectivity index (χ1n) is 9.01. The van der Waals surface area contributed by atoms with E-state index in [1.807, 2.05) is 30.3 Å². The molecule has 0 atom stereocenters. The molecule has 0 heterocycles. The number of hydrogen-bond donors (Lipinski definition) is 1. The molecule has 2 rings (SSSR count). The molecule has 0 saturated carbocycles. The summed E-state index contributed by atoms with van der Waals surface area (Å²) in [6, 6.07) is 13.1. The summed E-state index contributed by atoms with van der Waals surface area (Å²) >= 11 is 1.73. The number of carbonyl (C=O) groups is 2. The van der Waals surface area contributed by atoms with E-state index in [0.29, 0.717) is 12.3 Å². The van der Waals surface area contributed by atoms with Crippen molar-refractivity contribution in [3.8, 4) is 17.2 Å². The van der Waals surface area contributed by atoms with Gasteiger partial charge in [0.2, 0.25) is 5.75 Å². The van der Waals surface area contributed by atoms with Crippen LogP contribution >= 0.6 is 11.8 Å². The van der Waals surface area contributed by atoms with Gasteiger partial charge < -0.3 is 24.3 Å². The van der Waals surface area contributed by atoms with Crippen molar-refractivity contribution in [3.05, 3.63) is 48.0 Å². The molecule has 0 aliphatic heterocycles. The summed E-state index contributed by atoms with van der Waals surface area (Å²) < 4.78 is 20.8. The van der Waals surface area contributed by atoms with Gasteiger partial charge >= 0.3 is 5.97 Å². The number of esters is 1. The SMILES string of the molecule is COc1ccc(C(=O)OCC(=O)NCCCSc2ccccc2)c(OC)c1OC. The summed E-state index contributed by atoms with van der Waals surface area (Å²) in [6.07, 6.45) is 0.808. The molecule has 156 valence electrons. The van der Waals surface area contributed by atoms with Gasteiger partial charge in [-0.15, -0.1) is 11.8 Å². The molecule has 2 aromatic rings. The molecule has 0 bridgehead atoms. The predicted octanol–water partition coefficient (Wildman–Crippen LogP) is 3.17. The van der Waals surface area contributed by atoms with Gasteiger partial charge in [-0.25, -0.2) is 4.79 Å². The normalized spacial score (nSPS) is 10.2. The molecule has 29 heavy (non-hydrogen) atoms. The zero-order chi connectivity index (χ0) is 21.1. The fourth-order valence-corrected chi connectivity index (χ4v) is 3.40. The highest BCUT2D eigenvalue weighted by Gasteiger charge is 2.22. The van der Waals surface area contributed by atoms with E-state index in [1.165, 1.54) is 32.3 Å². The van der Waals surface area contributed by atoms with Crippen LogP contribution in [0.25, 0.3) is 0 Å². The monoisotopic (exact) mass is 419 g/mol. The first-order valence-corrected chi connectivity index (χ1v) is 10.00. The second-order valence-corrected chi connectivity index (χ2v) is 6.99. The van der Waals surface area contributed by atoms with Crippen LogP contribution in [0.3, 0.4) is 0 Å². The maximum Gasteiger partial charge on any atom is 0.342 e. The topological polar surface area (TPSA) is 83.1 Å². The van der Waals surface area contributed by atoms with Crippen molar-refractivity contribution in [1.29, 1.82) is 0 Å². The Labute approximate surface area is 174 Å². The van der Waals surface area contributed by atoms with E-state index in [9.17, 15) is 9.59 Å². The van der Waals surface area contributed by atoms with Gasteiger partial charge in [-0.2, -0.15) is 0 Å². The van der Waals surface area contributed by atoms with Gasteiger partial charge in [0.15, 0.2) is 18.1 Å². The van der Waals surface area contributed by atoms with Crippen LogP contribution in [0.1, 0.15) is 16.8 Å². The first-order chi connectivity index (χ1) is 14.1. The Bertz CT molecular complexity index is 812. The molecule has 1 N–H and O–H groups in total. The van der Waals surface area contributed by atoms with Crippen LogP contribution < -0.4 is 19.5 Å². The molecule has 0 spiro atoms. The molecule has 0 saturated heterocycles. The van der Waals surface area contributed by atoms with E-state index in [1.54, 1.807) is 17.8 Å². The maximum absolute atomic E-state index is 12.3. The number of thioether (sulfide) groups is 1. The second kappa shape index (κ2) is 11.9. The Morgan fingerprint density at radius 1 is 0.931 bits per heavy atom. The minimum absolute atomic E-state index is 0.150. The Morgan fingerprint density at radius 3 is 2.31 bits per heavy atom. The zero-order valence-corrected chi connectivity index (χ0v) is 17.5. The van der Waals surface area contributed by atoms with Crippen LogP contribution in [-0.4, -0.2) is 52.1 Å². The highest BCUT2D eigenvalue weighted by atomic mass is 32.2. The number of methoxy groups -OCH3 is 3. The van der Waals surface area contributed by atoms with E-state index >= 15 is 0 Å². The number of amides is 1. The third-order valence-electron chi connectivity index (χ3n) is 3.91. The van der Waals surface area contributed by atoms with Crippen molar-refractivity contribution in [2.75, 3.05) is 40.2 Å². The smallest absolute Gasteiger partial charge is 0.342 e. The van der Waals surface area contributed by atoms with Gasteiger partial charge in [-0.3, -0.25) is 4.79 Å². The Kier molecular flexibility index (Phi) is 9.17. The van der Waals surface area contributed by atoms with Crippen LogP contribution in [0.4, 0.5) is 0 Å². The Hall–Kier alpha value is -2.87. The number of ether oxygens (including phenoxy) is 4. The van der Waals surface area contributed by atoms with Gasteiger partial charge in [0.25, 0.3) is 5.91 Å². The van der Waals surface area contributed by atoms with E-state index in [4.69, 9.17) is 18.9 Å². The third-order valence-corrected chi connectivity index (χ3v) is 5.01. The van der Waals surface area contributed by atoms with E-state index < -0.39 is 5.97 Å². The second-order valence-electron chi connectivity index (χ2n) is 5.82. The van der Waals surface area contributed by atoms with Crippen molar-refractivity contribution in [2.45, 2.75) is 11.3 Å². The van der Waals surface area contributed by atoms with Gasteiger partial charge in [-0.05, 0) is 36.4 Å². The third kappa shape index (κ3) is 6.60.